The van der Waals surface area contributed by atoms with Crippen molar-refractivity contribution in [2.24, 2.45) is 5.16 Å². The lowest BCUT2D eigenvalue weighted by atomic mass is 10.1. The monoisotopic (exact) mass is 302 g/mol. The highest BCUT2D eigenvalue weighted by molar-refractivity contribution is 5.83. The summed E-state index contributed by atoms with van der Waals surface area (Å²) in [6.07, 6.45) is 1.28. The Hall–Kier alpha value is -2.94. The van der Waals surface area contributed by atoms with Gasteiger partial charge >= 0.3 is 6.61 Å². The van der Waals surface area contributed by atoms with Crippen molar-refractivity contribution in [1.82, 2.24) is 0 Å². The molecule has 6 heteroatoms. The van der Waals surface area contributed by atoms with Crippen molar-refractivity contribution in [3.05, 3.63) is 65.2 Å². The summed E-state index contributed by atoms with van der Waals surface area (Å²) < 4.78 is 28.9. The Bertz CT molecular complexity index is 697. The number of rotatable bonds is 6. The van der Waals surface area contributed by atoms with E-state index in [2.05, 4.69) is 9.89 Å². The zero-order valence-electron chi connectivity index (χ0n) is 11.4. The topological polar surface area (TPSA) is 54.6 Å². The maximum absolute atomic E-state index is 12.3. The second-order valence-electron chi connectivity index (χ2n) is 4.19. The fraction of sp³-hybridized carbons (Fsp3) is 0.125. The van der Waals surface area contributed by atoms with Gasteiger partial charge in [0, 0.05) is 11.1 Å². The van der Waals surface area contributed by atoms with Gasteiger partial charge in [0.25, 0.3) is 0 Å². The number of hydrogen-bond donors (Lipinski definition) is 0. The molecule has 0 aliphatic heterocycles. The summed E-state index contributed by atoms with van der Waals surface area (Å²) in [5.41, 5.74) is 1.56. The van der Waals surface area contributed by atoms with E-state index in [0.29, 0.717) is 16.7 Å². The molecule has 0 radical (unpaired) electrons. The lowest BCUT2D eigenvalue weighted by Gasteiger charge is -2.07. The summed E-state index contributed by atoms with van der Waals surface area (Å²) in [5.74, 6) is 0.0160. The van der Waals surface area contributed by atoms with Crippen LogP contribution >= 0.6 is 0 Å². The molecule has 0 saturated carbocycles. The molecule has 0 N–H and O–H groups in total. The summed E-state index contributed by atoms with van der Waals surface area (Å²) >= 11 is 0. The Kier molecular flexibility index (Phi) is 5.44. The van der Waals surface area contributed by atoms with Crippen molar-refractivity contribution in [2.75, 3.05) is 0 Å². The van der Waals surface area contributed by atoms with Crippen LogP contribution in [0.3, 0.4) is 0 Å². The Labute approximate surface area is 126 Å². The third-order valence-electron chi connectivity index (χ3n) is 2.76. The number of nitrogens with zero attached hydrogens (tertiary/aromatic N) is 2. The van der Waals surface area contributed by atoms with Crippen LogP contribution in [0.25, 0.3) is 0 Å². The van der Waals surface area contributed by atoms with E-state index in [1.165, 1.54) is 12.3 Å². The lowest BCUT2D eigenvalue weighted by Crippen LogP contribution is -2.04. The van der Waals surface area contributed by atoms with Crippen LogP contribution in [0.15, 0.2) is 53.7 Å². The molecular weight excluding hydrogens is 290 g/mol. The Morgan fingerprint density at radius 2 is 1.86 bits per heavy atom. The molecule has 0 atom stereocenters. The van der Waals surface area contributed by atoms with Crippen LogP contribution in [0.2, 0.25) is 0 Å². The number of hydrogen-bond acceptors (Lipinski definition) is 4. The lowest BCUT2D eigenvalue weighted by molar-refractivity contribution is -0.0499. The van der Waals surface area contributed by atoms with E-state index < -0.39 is 6.61 Å². The second-order valence-corrected chi connectivity index (χ2v) is 4.19. The molecule has 22 heavy (non-hydrogen) atoms. The summed E-state index contributed by atoms with van der Waals surface area (Å²) in [4.78, 5) is 5.10. The van der Waals surface area contributed by atoms with Gasteiger partial charge in [0.05, 0.1) is 17.8 Å². The van der Waals surface area contributed by atoms with Gasteiger partial charge in [-0.3, -0.25) is 0 Å². The second kappa shape index (κ2) is 7.74. The average molecular weight is 302 g/mol. The molecule has 0 aliphatic carbocycles. The van der Waals surface area contributed by atoms with Gasteiger partial charge in [-0.15, -0.1) is 0 Å². The maximum atomic E-state index is 12.3. The maximum Gasteiger partial charge on any atom is 0.387 e. The van der Waals surface area contributed by atoms with Gasteiger partial charge in [-0.05, 0) is 18.2 Å². The van der Waals surface area contributed by atoms with Crippen LogP contribution in [0.5, 0.6) is 5.75 Å². The van der Waals surface area contributed by atoms with Crippen LogP contribution < -0.4 is 4.74 Å². The summed E-state index contributed by atoms with van der Waals surface area (Å²) in [5, 5.41) is 12.7. The Morgan fingerprint density at radius 3 is 2.64 bits per heavy atom. The highest BCUT2D eigenvalue weighted by atomic mass is 19.3. The summed E-state index contributed by atoms with van der Waals surface area (Å²) in [6.45, 7) is -2.80. The number of benzene rings is 2. The van der Waals surface area contributed by atoms with Gasteiger partial charge in [0.2, 0.25) is 0 Å². The molecule has 0 amide bonds. The zero-order valence-corrected chi connectivity index (χ0v) is 11.4. The van der Waals surface area contributed by atoms with E-state index >= 15 is 0 Å². The first-order valence-electron chi connectivity index (χ1n) is 6.38. The SMILES string of the molecule is N#Cc1ccccc1CO/N=C/c1ccccc1OC(F)F. The predicted molar refractivity (Wildman–Crippen MR) is 76.6 cm³/mol. The van der Waals surface area contributed by atoms with E-state index in [9.17, 15) is 8.78 Å². The van der Waals surface area contributed by atoms with Crippen molar-refractivity contribution in [3.8, 4) is 11.8 Å². The Balaban J connectivity index is 2.00. The minimum atomic E-state index is -2.90. The third-order valence-corrected chi connectivity index (χ3v) is 2.76. The largest absolute Gasteiger partial charge is 0.434 e. The molecule has 112 valence electrons. The van der Waals surface area contributed by atoms with Crippen LogP contribution in [-0.2, 0) is 11.4 Å². The normalized spacial score (nSPS) is 10.6. The van der Waals surface area contributed by atoms with E-state index in [0.717, 1.165) is 0 Å². The number of nitriles is 1. The molecule has 0 unspecified atom stereocenters. The average Bonchev–Trinajstić information content (AvgIpc) is 2.53. The molecule has 2 aromatic carbocycles. The van der Waals surface area contributed by atoms with Gasteiger partial charge in [-0.1, -0.05) is 35.5 Å². The van der Waals surface area contributed by atoms with Gasteiger partial charge < -0.3 is 9.57 Å². The molecule has 0 bridgehead atoms. The first-order chi connectivity index (χ1) is 10.7. The third kappa shape index (κ3) is 4.28. The summed E-state index contributed by atoms with van der Waals surface area (Å²) in [6, 6.07) is 15.3. The van der Waals surface area contributed by atoms with Gasteiger partial charge in [-0.25, -0.2) is 0 Å². The highest BCUT2D eigenvalue weighted by Gasteiger charge is 2.07. The van der Waals surface area contributed by atoms with Crippen LogP contribution in [-0.4, -0.2) is 12.8 Å². The first kappa shape index (κ1) is 15.4. The van der Waals surface area contributed by atoms with Gasteiger partial charge in [0.1, 0.15) is 12.4 Å². The molecule has 0 heterocycles. The smallest absolute Gasteiger partial charge is 0.387 e. The van der Waals surface area contributed by atoms with Crippen molar-refractivity contribution in [3.63, 3.8) is 0 Å². The molecule has 4 nitrogen and oxygen atoms in total. The van der Waals surface area contributed by atoms with Crippen molar-refractivity contribution in [2.45, 2.75) is 13.2 Å². The van der Waals surface area contributed by atoms with Crippen LogP contribution in [0.4, 0.5) is 8.78 Å². The molecule has 0 saturated heterocycles. The number of ether oxygens (including phenoxy) is 1. The molecule has 2 aromatic rings. The highest BCUT2D eigenvalue weighted by Crippen LogP contribution is 2.18. The number of halogens is 2. The minimum Gasteiger partial charge on any atom is -0.434 e. The molecule has 0 spiro atoms. The van der Waals surface area contributed by atoms with Crippen molar-refractivity contribution >= 4 is 6.21 Å². The zero-order chi connectivity index (χ0) is 15.8. The minimum absolute atomic E-state index is 0.0160. The number of alkyl halides is 2. The van der Waals surface area contributed by atoms with E-state index in [1.54, 1.807) is 42.5 Å². The number of oxime groups is 1. The fourth-order valence-corrected chi connectivity index (χ4v) is 1.75. The summed E-state index contributed by atoms with van der Waals surface area (Å²) in [7, 11) is 0. The van der Waals surface area contributed by atoms with Gasteiger partial charge in [-0.2, -0.15) is 14.0 Å². The number of para-hydroxylation sites is 1. The Morgan fingerprint density at radius 1 is 1.14 bits per heavy atom. The van der Waals surface area contributed by atoms with E-state index in [1.807, 2.05) is 6.07 Å². The van der Waals surface area contributed by atoms with Crippen LogP contribution in [0.1, 0.15) is 16.7 Å². The van der Waals surface area contributed by atoms with Crippen LogP contribution in [0, 0.1) is 11.3 Å². The van der Waals surface area contributed by atoms with Gasteiger partial charge in [0.15, 0.2) is 0 Å². The van der Waals surface area contributed by atoms with Crippen molar-refractivity contribution < 1.29 is 18.4 Å². The van der Waals surface area contributed by atoms with Crippen molar-refractivity contribution in [1.29, 1.82) is 5.26 Å². The molecule has 2 rings (SSSR count). The molecule has 0 fully saturated rings. The fourth-order valence-electron chi connectivity index (χ4n) is 1.75. The van der Waals surface area contributed by atoms with E-state index in [-0.39, 0.29) is 12.4 Å². The predicted octanol–water partition coefficient (Wildman–Crippen LogP) is 3.71. The van der Waals surface area contributed by atoms with E-state index in [4.69, 9.17) is 10.1 Å². The molecule has 0 aliphatic rings. The first-order valence-corrected chi connectivity index (χ1v) is 6.38. The quantitative estimate of drug-likeness (QED) is 0.604. The molecule has 0 aromatic heterocycles. The molecular formula is C16H12F2N2O2. The standard InChI is InChI=1S/C16H12F2N2O2/c17-16(18)22-15-8-4-3-6-13(15)10-20-21-11-14-7-2-1-5-12(14)9-19/h1-8,10,16H,11H2/b20-10+.